The molecule has 0 spiro atoms. The molecule has 0 N–H and O–H groups in total. The SMILES string of the molecule is [2H]c1c([2H])c([2H])c2c(c1[2H])-c1cccc(-c3ccc4oc5ccccc5c4c3)c1-[n+]1[c-]n(-c3[c-]c(Oc4[c-]c5c(cc4)c4ccccc4n5-c4cc(C(C)(C)C)ccn4)ccc3)c3cc(C(C)(C)C)cc(c31)-c1c([2H])c([2H])c([2H])c([2H])c1-2.[Pt]. The van der Waals surface area contributed by atoms with Gasteiger partial charge in [-0.05, 0) is 120 Å². The maximum absolute atomic E-state index is 9.84. The second-order valence-corrected chi connectivity index (χ2v) is 21.0. The van der Waals surface area contributed by atoms with Crippen molar-refractivity contribution >= 4 is 54.8 Å². The Labute approximate surface area is 461 Å². The van der Waals surface area contributed by atoms with Gasteiger partial charge in [0.25, 0.3) is 6.33 Å². The van der Waals surface area contributed by atoms with E-state index in [1.807, 2.05) is 112 Å². The second-order valence-electron chi connectivity index (χ2n) is 21.0. The summed E-state index contributed by atoms with van der Waals surface area (Å²) in [7, 11) is 0. The van der Waals surface area contributed by atoms with E-state index >= 15 is 0 Å². The van der Waals surface area contributed by atoms with Gasteiger partial charge in [0.1, 0.15) is 17.0 Å². The van der Waals surface area contributed by atoms with Crippen LogP contribution < -0.4 is 9.30 Å². The van der Waals surface area contributed by atoms with Gasteiger partial charge in [-0.2, -0.15) is 18.2 Å². The minimum absolute atomic E-state index is 0. The Balaban J connectivity index is 0.00000645. The van der Waals surface area contributed by atoms with E-state index in [0.29, 0.717) is 56.2 Å². The zero-order valence-corrected chi connectivity index (χ0v) is 44.1. The van der Waals surface area contributed by atoms with Crippen LogP contribution in [0, 0.1) is 18.5 Å². The molecule has 13 aromatic rings. The zero-order valence-electron chi connectivity index (χ0n) is 49.8. The summed E-state index contributed by atoms with van der Waals surface area (Å²) >= 11 is 0. The minimum Gasteiger partial charge on any atom is -0.510 e. The van der Waals surface area contributed by atoms with Crippen molar-refractivity contribution < 1.29 is 45.8 Å². The zero-order chi connectivity index (χ0) is 57.0. The van der Waals surface area contributed by atoms with Crippen molar-refractivity contribution in [1.82, 2.24) is 14.1 Å². The fraction of sp³-hybridized carbons (Fsp3) is 0.118. The van der Waals surface area contributed by atoms with Crippen molar-refractivity contribution in [2.75, 3.05) is 0 Å². The van der Waals surface area contributed by atoms with Gasteiger partial charge in [-0.3, -0.25) is 4.57 Å². The summed E-state index contributed by atoms with van der Waals surface area (Å²) in [6.07, 6.45) is 5.58. The van der Waals surface area contributed by atoms with Gasteiger partial charge in [0.15, 0.2) is 0 Å². The van der Waals surface area contributed by atoms with Crippen LogP contribution in [-0.2, 0) is 31.9 Å². The number of pyridine rings is 1. The van der Waals surface area contributed by atoms with E-state index in [0.717, 1.165) is 60.7 Å². The van der Waals surface area contributed by atoms with Crippen LogP contribution in [-0.4, -0.2) is 14.1 Å². The van der Waals surface area contributed by atoms with Crippen molar-refractivity contribution in [2.45, 2.75) is 52.4 Å². The van der Waals surface area contributed by atoms with Gasteiger partial charge in [0, 0.05) is 55.1 Å². The molecule has 0 amide bonds. The Kier molecular flexibility index (Phi) is 8.88. The van der Waals surface area contributed by atoms with Crippen molar-refractivity contribution in [2.24, 2.45) is 0 Å². The van der Waals surface area contributed by atoms with Crippen LogP contribution in [0.15, 0.2) is 198 Å². The Bertz CT molecular complexity index is 4930. The van der Waals surface area contributed by atoms with Gasteiger partial charge < -0.3 is 18.3 Å². The third-order valence-electron chi connectivity index (χ3n) is 14.3. The maximum Gasteiger partial charge on any atom is 0.268 e. The van der Waals surface area contributed by atoms with Crippen LogP contribution in [0.2, 0.25) is 0 Å². The van der Waals surface area contributed by atoms with Crippen LogP contribution in [0.4, 0.5) is 0 Å². The minimum atomic E-state index is -0.535. The first-order chi connectivity index (χ1) is 39.3. The molecule has 14 rings (SSSR count). The standard InChI is InChI=1S/C68H50N4O2.Pt/c1-67(2,3)43-33-34-69-64(38-43)72-59-27-13-11-23-53(59)54-31-30-47(40-60(54)72)73-46-18-15-17-45(39-46)70-41-71-65-48(42-29-32-63-57(35-42)55-24-12-14-28-62(55)74-63)25-16-26-56(65)51-21-9-7-19-49(51)50-20-8-10-22-52(50)58-36-44(68(4,5)6)37-61(70)66(58)71;/h7-38H,1-6H3;/q-2;/i7D,8D,9D,10D,19D,20D,21D,22D;. The molecule has 4 aromatic heterocycles. The van der Waals surface area contributed by atoms with Crippen LogP contribution in [0.1, 0.15) is 63.6 Å². The van der Waals surface area contributed by atoms with Crippen LogP contribution in [0.5, 0.6) is 11.5 Å². The number of nitrogens with zero attached hydrogens (tertiary/aromatic N) is 4. The number of imidazole rings is 1. The number of rotatable bonds is 5. The average molecular weight is 1160 g/mol. The molecule has 0 bridgehead atoms. The molecule has 0 fully saturated rings. The van der Waals surface area contributed by atoms with E-state index in [1.165, 1.54) is 0 Å². The molecule has 7 heteroatoms. The number of aromatic nitrogens is 4. The molecule has 5 heterocycles. The molecule has 1 aliphatic rings. The van der Waals surface area contributed by atoms with Crippen LogP contribution in [0.25, 0.3) is 116 Å². The molecule has 9 aromatic carbocycles. The second kappa shape index (κ2) is 17.4. The van der Waals surface area contributed by atoms with Crippen molar-refractivity contribution in [3.8, 4) is 73.2 Å². The normalized spacial score (nSPS) is 13.8. The number of para-hydroxylation sites is 3. The van der Waals surface area contributed by atoms with Gasteiger partial charge in [0.05, 0.1) is 27.7 Å². The first-order valence-electron chi connectivity index (χ1n) is 28.7. The molecule has 0 radical (unpaired) electrons. The molecule has 0 saturated heterocycles. The Hall–Kier alpha value is -8.31. The van der Waals surface area contributed by atoms with Crippen molar-refractivity contribution in [3.05, 3.63) is 224 Å². The molecular weight excluding hydrogens is 1100 g/mol. The van der Waals surface area contributed by atoms with Gasteiger partial charge in [-0.25, -0.2) is 4.98 Å². The third-order valence-corrected chi connectivity index (χ3v) is 14.3. The number of ether oxygens (including phenoxy) is 1. The molecule has 0 atom stereocenters. The summed E-state index contributed by atoms with van der Waals surface area (Å²) in [4.78, 5) is 4.86. The summed E-state index contributed by atoms with van der Waals surface area (Å²) in [5, 5.41) is 3.83. The predicted molar refractivity (Wildman–Crippen MR) is 300 cm³/mol. The average Bonchev–Trinajstić information content (AvgIpc) is 2.25. The molecule has 75 heavy (non-hydrogen) atoms. The summed E-state index contributed by atoms with van der Waals surface area (Å²) in [5.41, 5.74) is 8.92. The first kappa shape index (κ1) is 38.3. The molecular formula is C68H50N4O2Pt-2. The van der Waals surface area contributed by atoms with Gasteiger partial charge in [-0.15, -0.1) is 29.7 Å². The predicted octanol–water partition coefficient (Wildman–Crippen LogP) is 17.1. The number of fused-ring (bicyclic) bond motifs is 13. The Morgan fingerprint density at radius 3 is 1.99 bits per heavy atom. The Morgan fingerprint density at radius 2 is 1.21 bits per heavy atom. The summed E-state index contributed by atoms with van der Waals surface area (Å²) < 4.78 is 94.6. The van der Waals surface area contributed by atoms with E-state index in [2.05, 4.69) is 101 Å². The van der Waals surface area contributed by atoms with Crippen LogP contribution >= 0.6 is 0 Å². The number of furan rings is 1. The number of hydrogen-bond donors (Lipinski definition) is 0. The quantitative estimate of drug-likeness (QED) is 0.127. The van der Waals surface area contributed by atoms with Gasteiger partial charge in [-0.1, -0.05) is 162 Å². The summed E-state index contributed by atoms with van der Waals surface area (Å²) in [5.74, 6) is 1.59. The number of hydrogen-bond acceptors (Lipinski definition) is 3. The largest absolute Gasteiger partial charge is 0.510 e. The molecule has 0 saturated carbocycles. The Morgan fingerprint density at radius 1 is 0.547 bits per heavy atom. The summed E-state index contributed by atoms with van der Waals surface area (Å²) in [6.45, 7) is 12.8. The van der Waals surface area contributed by atoms with Crippen molar-refractivity contribution in [1.29, 1.82) is 0 Å². The first-order valence-corrected chi connectivity index (χ1v) is 24.7. The maximum atomic E-state index is 9.84. The topological polar surface area (TPSA) is 49.0 Å². The number of benzene rings is 9. The molecule has 366 valence electrons. The van der Waals surface area contributed by atoms with E-state index < -0.39 is 41.7 Å². The van der Waals surface area contributed by atoms with Gasteiger partial charge in [0.2, 0.25) is 0 Å². The van der Waals surface area contributed by atoms with E-state index in [1.54, 1.807) is 6.07 Å². The smallest absolute Gasteiger partial charge is 0.268 e. The molecule has 0 aliphatic carbocycles. The fourth-order valence-corrected chi connectivity index (χ4v) is 10.6. The summed E-state index contributed by atoms with van der Waals surface area (Å²) in [6, 6.07) is 48.9. The van der Waals surface area contributed by atoms with E-state index in [4.69, 9.17) is 16.9 Å². The monoisotopic (exact) mass is 1160 g/mol. The van der Waals surface area contributed by atoms with Gasteiger partial charge >= 0.3 is 0 Å². The molecule has 0 unspecified atom stereocenters. The fourth-order valence-electron chi connectivity index (χ4n) is 10.6. The molecule has 1 aliphatic heterocycles. The molecule has 6 nitrogen and oxygen atoms in total. The third kappa shape index (κ3) is 7.56. The van der Waals surface area contributed by atoms with E-state index in [9.17, 15) is 8.22 Å². The van der Waals surface area contributed by atoms with Crippen molar-refractivity contribution in [3.63, 3.8) is 0 Å². The van der Waals surface area contributed by atoms with E-state index in [-0.39, 0.29) is 60.8 Å². The van der Waals surface area contributed by atoms with Crippen LogP contribution in [0.3, 0.4) is 0 Å².